The van der Waals surface area contributed by atoms with Gasteiger partial charge in [-0.25, -0.2) is 14.6 Å². The summed E-state index contributed by atoms with van der Waals surface area (Å²) >= 11 is 0. The van der Waals surface area contributed by atoms with Crippen LogP contribution in [0, 0.1) is 6.92 Å². The zero-order valence-electron chi connectivity index (χ0n) is 20.8. The Balaban J connectivity index is 1.55. The Kier molecular flexibility index (Phi) is 6.37. The third-order valence-corrected chi connectivity index (χ3v) is 6.32. The van der Waals surface area contributed by atoms with Crippen molar-refractivity contribution in [2.45, 2.75) is 13.0 Å². The average molecular weight is 527 g/mol. The molecular weight excluding hydrogens is 504 g/mol. The van der Waals surface area contributed by atoms with Gasteiger partial charge in [-0.15, -0.1) is 0 Å². The number of phenolic OH excluding ortho intramolecular Hbond substituents is 1. The second-order valence-electron chi connectivity index (χ2n) is 8.88. The number of aliphatic carboxylic acids is 1. The van der Waals surface area contributed by atoms with Gasteiger partial charge in [0.05, 0.1) is 0 Å². The number of carboxylic acid groups (broad SMARTS) is 1. The van der Waals surface area contributed by atoms with Crippen LogP contribution in [0.5, 0.6) is 23.0 Å². The van der Waals surface area contributed by atoms with Crippen LogP contribution in [0.2, 0.25) is 0 Å². The third-order valence-electron chi connectivity index (χ3n) is 6.32. The van der Waals surface area contributed by atoms with Gasteiger partial charge >= 0.3 is 11.6 Å². The molecule has 10 heteroatoms. The summed E-state index contributed by atoms with van der Waals surface area (Å²) in [4.78, 5) is 43.3. The minimum atomic E-state index is -1.63. The highest BCUT2D eigenvalue weighted by atomic mass is 16.5. The lowest BCUT2D eigenvalue weighted by atomic mass is 10.0. The number of benzene rings is 3. The summed E-state index contributed by atoms with van der Waals surface area (Å²) < 4.78 is 11.0. The zero-order chi connectivity index (χ0) is 27.8. The van der Waals surface area contributed by atoms with Gasteiger partial charge in [0.15, 0.2) is 17.5 Å². The molecule has 3 aromatic carbocycles. The van der Waals surface area contributed by atoms with E-state index in [9.17, 15) is 29.7 Å². The molecule has 196 valence electrons. The maximum atomic E-state index is 13.5. The predicted molar refractivity (Wildman–Crippen MR) is 141 cm³/mol. The van der Waals surface area contributed by atoms with E-state index in [-0.39, 0.29) is 28.0 Å². The zero-order valence-corrected chi connectivity index (χ0v) is 20.8. The molecule has 3 N–H and O–H groups in total. The van der Waals surface area contributed by atoms with E-state index < -0.39 is 29.3 Å². The Morgan fingerprint density at radius 3 is 2.36 bits per heavy atom. The van der Waals surface area contributed by atoms with Gasteiger partial charge in [-0.2, -0.15) is 0 Å². The number of likely N-dealkylation sites (N-methyl/N-ethyl adjacent to an activating group) is 1. The number of aryl methyl sites for hydroxylation is 1. The maximum absolute atomic E-state index is 13.5. The summed E-state index contributed by atoms with van der Waals surface area (Å²) in [5.74, 6) is -1.79. The summed E-state index contributed by atoms with van der Waals surface area (Å²) in [6.07, 6.45) is 0. The largest absolute Gasteiger partial charge is 0.508 e. The average Bonchev–Trinajstić information content (AvgIpc) is 2.90. The molecule has 1 amide bonds. The molecule has 0 fully saturated rings. The number of hydrogen-bond donors (Lipinski definition) is 3. The molecule has 39 heavy (non-hydrogen) atoms. The molecule has 0 aliphatic rings. The van der Waals surface area contributed by atoms with Crippen molar-refractivity contribution in [3.05, 3.63) is 100 Å². The maximum Gasteiger partial charge on any atom is 0.336 e. The van der Waals surface area contributed by atoms with Crippen molar-refractivity contribution in [1.82, 2.24) is 9.88 Å². The summed E-state index contributed by atoms with van der Waals surface area (Å²) in [6, 6.07) is 17.3. The Morgan fingerprint density at radius 1 is 0.923 bits per heavy atom. The highest BCUT2D eigenvalue weighted by Crippen LogP contribution is 2.35. The Hall–Kier alpha value is -5.38. The second-order valence-corrected chi connectivity index (χ2v) is 8.88. The lowest BCUT2D eigenvalue weighted by Gasteiger charge is -2.26. The molecule has 0 saturated carbocycles. The molecule has 0 radical (unpaired) electrons. The van der Waals surface area contributed by atoms with Crippen molar-refractivity contribution >= 4 is 33.6 Å². The number of pyridine rings is 1. The molecule has 0 bridgehead atoms. The highest BCUT2D eigenvalue weighted by molar-refractivity contribution is 6.04. The van der Waals surface area contributed by atoms with Crippen LogP contribution >= 0.6 is 0 Å². The molecule has 2 aromatic heterocycles. The van der Waals surface area contributed by atoms with Crippen LogP contribution in [-0.4, -0.2) is 44.1 Å². The van der Waals surface area contributed by atoms with Crippen molar-refractivity contribution in [2.75, 3.05) is 7.05 Å². The van der Waals surface area contributed by atoms with Gasteiger partial charge in [0.2, 0.25) is 0 Å². The van der Waals surface area contributed by atoms with E-state index in [0.717, 1.165) is 11.0 Å². The van der Waals surface area contributed by atoms with Crippen molar-refractivity contribution in [1.29, 1.82) is 0 Å². The van der Waals surface area contributed by atoms with Crippen LogP contribution in [-0.2, 0) is 4.79 Å². The fourth-order valence-electron chi connectivity index (χ4n) is 4.47. The van der Waals surface area contributed by atoms with E-state index in [1.165, 1.54) is 25.2 Å². The molecule has 10 nitrogen and oxygen atoms in total. The van der Waals surface area contributed by atoms with Crippen molar-refractivity contribution < 1.29 is 34.1 Å². The van der Waals surface area contributed by atoms with E-state index >= 15 is 0 Å². The smallest absolute Gasteiger partial charge is 0.336 e. The van der Waals surface area contributed by atoms with Crippen LogP contribution in [0.1, 0.15) is 27.8 Å². The Bertz CT molecular complexity index is 1810. The Labute approximate surface area is 220 Å². The number of rotatable bonds is 6. The molecule has 0 aliphatic carbocycles. The Morgan fingerprint density at radius 2 is 1.64 bits per heavy atom. The normalized spacial score (nSPS) is 11.8. The van der Waals surface area contributed by atoms with Crippen LogP contribution in [0.15, 0.2) is 82.0 Å². The van der Waals surface area contributed by atoms with Crippen LogP contribution < -0.4 is 10.4 Å². The molecule has 0 saturated heterocycles. The molecule has 2 heterocycles. The first-order valence-electron chi connectivity index (χ1n) is 11.8. The third kappa shape index (κ3) is 4.71. The number of aromatic nitrogens is 1. The SMILES string of the molecule is Cc1nc(C(=O)N(C)C(C(=O)O)c2cc(=O)oc3cc(O)ccc23)c(O)c2ccc(Oc3ccccc3)cc12. The van der Waals surface area contributed by atoms with Crippen LogP contribution in [0.4, 0.5) is 0 Å². The quantitative estimate of drug-likeness (QED) is 0.266. The van der Waals surface area contributed by atoms with Crippen molar-refractivity contribution in [2.24, 2.45) is 0 Å². The fraction of sp³-hybridized carbons (Fsp3) is 0.103. The van der Waals surface area contributed by atoms with Crippen LogP contribution in [0.3, 0.4) is 0 Å². The number of fused-ring (bicyclic) bond motifs is 2. The minimum Gasteiger partial charge on any atom is -0.508 e. The number of carboxylic acids is 1. The van der Waals surface area contributed by atoms with E-state index in [0.29, 0.717) is 28.0 Å². The van der Waals surface area contributed by atoms with E-state index in [1.807, 2.05) is 18.2 Å². The topological polar surface area (TPSA) is 150 Å². The number of aromatic hydroxyl groups is 2. The fourth-order valence-corrected chi connectivity index (χ4v) is 4.47. The number of carbonyl (C=O) groups is 2. The summed E-state index contributed by atoms with van der Waals surface area (Å²) in [5.41, 5.74) is -0.863. The lowest BCUT2D eigenvalue weighted by molar-refractivity contribution is -0.142. The molecule has 1 unspecified atom stereocenters. The van der Waals surface area contributed by atoms with E-state index in [4.69, 9.17) is 9.15 Å². The molecule has 5 aromatic rings. The van der Waals surface area contributed by atoms with E-state index in [2.05, 4.69) is 4.98 Å². The van der Waals surface area contributed by atoms with E-state index in [1.54, 1.807) is 37.3 Å². The minimum absolute atomic E-state index is 0.0238. The molecule has 0 aliphatic heterocycles. The standard InChI is InChI=1S/C29H22N2O8/c1-15-21-13-18(38-17-6-4-3-5-7-17)9-11-20(21)27(34)25(30-15)28(35)31(2)26(29(36)37)22-14-24(33)39-23-12-16(32)8-10-19(22)23/h3-14,26,32,34H,1-2H3,(H,36,37). The number of nitrogens with zero attached hydrogens (tertiary/aromatic N) is 2. The number of carbonyl (C=O) groups excluding carboxylic acids is 1. The molecule has 5 rings (SSSR count). The van der Waals surface area contributed by atoms with Crippen molar-refractivity contribution in [3.8, 4) is 23.0 Å². The molecule has 1 atom stereocenters. The first-order chi connectivity index (χ1) is 18.6. The van der Waals surface area contributed by atoms with Gasteiger partial charge in [-0.3, -0.25) is 4.79 Å². The number of ether oxygens (including phenoxy) is 1. The first kappa shape index (κ1) is 25.3. The van der Waals surface area contributed by atoms with Gasteiger partial charge in [0, 0.05) is 46.6 Å². The first-order valence-corrected chi connectivity index (χ1v) is 11.8. The number of hydrogen-bond acceptors (Lipinski definition) is 8. The predicted octanol–water partition coefficient (Wildman–Crippen LogP) is 4.75. The monoisotopic (exact) mass is 526 g/mol. The molecule has 0 spiro atoms. The number of phenols is 1. The van der Waals surface area contributed by atoms with Gasteiger partial charge in [0.25, 0.3) is 5.91 Å². The number of amides is 1. The lowest BCUT2D eigenvalue weighted by Crippen LogP contribution is -2.37. The second kappa shape index (κ2) is 9.82. The molecular formula is C29H22N2O8. The summed E-state index contributed by atoms with van der Waals surface area (Å²) in [6.45, 7) is 1.65. The van der Waals surface area contributed by atoms with Gasteiger partial charge < -0.3 is 29.4 Å². The van der Waals surface area contributed by atoms with Gasteiger partial charge in [-0.05, 0) is 49.4 Å². The van der Waals surface area contributed by atoms with Crippen LogP contribution in [0.25, 0.3) is 21.7 Å². The van der Waals surface area contributed by atoms with Gasteiger partial charge in [0.1, 0.15) is 22.8 Å². The highest BCUT2D eigenvalue weighted by Gasteiger charge is 2.33. The van der Waals surface area contributed by atoms with Crippen molar-refractivity contribution in [3.63, 3.8) is 0 Å². The summed E-state index contributed by atoms with van der Waals surface area (Å²) in [7, 11) is 1.24. The van der Waals surface area contributed by atoms with Gasteiger partial charge in [-0.1, -0.05) is 18.2 Å². The summed E-state index contributed by atoms with van der Waals surface area (Å²) in [5, 5.41) is 31.9. The number of para-hydroxylation sites is 1.